The number of allylic oxidation sites excluding steroid dienone is 1. The molecule has 0 fully saturated rings. The fraction of sp³-hybridized carbons (Fsp3) is 0.471. The number of ether oxygens (including phenoxy) is 3. The first kappa shape index (κ1) is 31.7. The number of nitriles is 1. The Kier molecular flexibility index (Phi) is 16.6. The van der Waals surface area contributed by atoms with Gasteiger partial charge in [0.2, 0.25) is 0 Å². The lowest BCUT2D eigenvalue weighted by molar-refractivity contribution is -0.137. The van der Waals surface area contributed by atoms with Gasteiger partial charge in [-0.15, -0.1) is 0 Å². The second-order valence-corrected chi connectivity index (χ2v) is 9.72. The molecule has 0 N–H and O–H groups in total. The normalized spacial score (nSPS) is 11.0. The molecule has 5 nitrogen and oxygen atoms in total. The molecule has 0 aliphatic heterocycles. The Morgan fingerprint density at radius 3 is 1.74 bits per heavy atom. The van der Waals surface area contributed by atoms with Crippen LogP contribution in [0.2, 0.25) is 0 Å². The highest BCUT2D eigenvalue weighted by Gasteiger charge is 2.04. The van der Waals surface area contributed by atoms with Crippen LogP contribution in [0.15, 0.2) is 61.2 Å². The van der Waals surface area contributed by atoms with E-state index in [1.165, 1.54) is 51.0 Å². The van der Waals surface area contributed by atoms with E-state index in [0.717, 1.165) is 61.3 Å². The summed E-state index contributed by atoms with van der Waals surface area (Å²) < 4.78 is 16.7. The molecule has 0 atom stereocenters. The van der Waals surface area contributed by atoms with Gasteiger partial charge in [0.1, 0.15) is 11.5 Å². The van der Waals surface area contributed by atoms with Crippen molar-refractivity contribution < 1.29 is 19.0 Å². The summed E-state index contributed by atoms with van der Waals surface area (Å²) in [7, 11) is 0. The Labute approximate surface area is 235 Å². The largest absolute Gasteiger partial charge is 0.494 e. The van der Waals surface area contributed by atoms with Crippen molar-refractivity contribution in [2.45, 2.75) is 84.0 Å². The molecule has 39 heavy (non-hydrogen) atoms. The molecule has 0 spiro atoms. The SMILES string of the molecule is C=CC(=O)OCCCCCCOc1ccc(/C(C#N)=C/c2ccc(OCCCCCCCCCC)cc2)cc1. The van der Waals surface area contributed by atoms with Crippen LogP contribution in [0.5, 0.6) is 11.5 Å². The van der Waals surface area contributed by atoms with Crippen LogP contribution in [-0.4, -0.2) is 25.8 Å². The monoisotopic (exact) mass is 531 g/mol. The van der Waals surface area contributed by atoms with Gasteiger partial charge < -0.3 is 14.2 Å². The summed E-state index contributed by atoms with van der Waals surface area (Å²) in [5.41, 5.74) is 2.42. The average molecular weight is 532 g/mol. The molecule has 0 saturated heterocycles. The van der Waals surface area contributed by atoms with Crippen LogP contribution in [0.1, 0.15) is 95.1 Å². The number of carbonyl (C=O) groups excluding carboxylic acids is 1. The number of esters is 1. The van der Waals surface area contributed by atoms with Crippen LogP contribution in [-0.2, 0) is 9.53 Å². The number of unbranched alkanes of at least 4 members (excludes halogenated alkanes) is 10. The van der Waals surface area contributed by atoms with Crippen LogP contribution in [0, 0.1) is 11.3 Å². The minimum atomic E-state index is -0.372. The van der Waals surface area contributed by atoms with Crippen LogP contribution in [0.3, 0.4) is 0 Å². The highest BCUT2D eigenvalue weighted by Crippen LogP contribution is 2.22. The van der Waals surface area contributed by atoms with Crippen LogP contribution in [0.25, 0.3) is 11.6 Å². The molecular weight excluding hydrogens is 486 g/mol. The third kappa shape index (κ3) is 14.3. The van der Waals surface area contributed by atoms with Gasteiger partial charge in [-0.25, -0.2) is 4.79 Å². The van der Waals surface area contributed by atoms with E-state index in [2.05, 4.69) is 19.6 Å². The molecule has 0 unspecified atom stereocenters. The van der Waals surface area contributed by atoms with Gasteiger partial charge in [-0.05, 0) is 85.7 Å². The first-order valence-electron chi connectivity index (χ1n) is 14.5. The molecule has 0 aliphatic rings. The van der Waals surface area contributed by atoms with Crippen molar-refractivity contribution in [1.29, 1.82) is 5.26 Å². The zero-order valence-corrected chi connectivity index (χ0v) is 23.7. The lowest BCUT2D eigenvalue weighted by Crippen LogP contribution is -2.02. The molecule has 0 heterocycles. The van der Waals surface area contributed by atoms with Gasteiger partial charge in [0, 0.05) is 6.08 Å². The average Bonchev–Trinajstić information content (AvgIpc) is 2.97. The van der Waals surface area contributed by atoms with Crippen molar-refractivity contribution >= 4 is 17.6 Å². The van der Waals surface area contributed by atoms with Crippen molar-refractivity contribution in [3.63, 3.8) is 0 Å². The summed E-state index contributed by atoms with van der Waals surface area (Å²) >= 11 is 0. The molecule has 0 aliphatic carbocycles. The van der Waals surface area contributed by atoms with Crippen molar-refractivity contribution in [2.24, 2.45) is 0 Å². The summed E-state index contributed by atoms with van der Waals surface area (Å²) in [6.45, 7) is 7.43. The van der Waals surface area contributed by atoms with E-state index in [4.69, 9.17) is 14.2 Å². The Balaban J connectivity index is 1.68. The number of hydrogen-bond acceptors (Lipinski definition) is 5. The smallest absolute Gasteiger partial charge is 0.330 e. The second-order valence-electron chi connectivity index (χ2n) is 9.72. The Bertz CT molecular complexity index is 1020. The maximum absolute atomic E-state index is 11.0. The topological polar surface area (TPSA) is 68.5 Å². The first-order chi connectivity index (χ1) is 19.2. The van der Waals surface area contributed by atoms with Gasteiger partial charge in [0.15, 0.2) is 0 Å². The van der Waals surface area contributed by atoms with Gasteiger partial charge in [-0.3, -0.25) is 0 Å². The fourth-order valence-electron chi connectivity index (χ4n) is 4.14. The standard InChI is InChI=1S/C34H45NO4/c1-3-5-6-7-8-9-10-13-24-37-32-20-16-29(17-21-32)27-31(28-35)30-18-22-33(23-19-30)38-25-14-11-12-15-26-39-34(36)4-2/h4,16-23,27H,2-3,5-15,24-26H2,1H3/b31-27+. The highest BCUT2D eigenvalue weighted by atomic mass is 16.5. The van der Waals surface area contributed by atoms with Crippen LogP contribution >= 0.6 is 0 Å². The lowest BCUT2D eigenvalue weighted by atomic mass is 10.0. The number of nitrogens with zero attached hydrogens (tertiary/aromatic N) is 1. The van der Waals surface area contributed by atoms with E-state index in [1.807, 2.05) is 54.6 Å². The Hall–Kier alpha value is -3.52. The number of rotatable bonds is 21. The third-order valence-corrected chi connectivity index (χ3v) is 6.46. The molecule has 0 bridgehead atoms. The predicted octanol–water partition coefficient (Wildman–Crippen LogP) is 8.94. The van der Waals surface area contributed by atoms with Gasteiger partial charge in [-0.2, -0.15) is 5.26 Å². The van der Waals surface area contributed by atoms with Gasteiger partial charge in [0.05, 0.1) is 31.5 Å². The third-order valence-electron chi connectivity index (χ3n) is 6.46. The summed E-state index contributed by atoms with van der Waals surface area (Å²) in [4.78, 5) is 11.0. The molecule has 0 saturated carbocycles. The predicted molar refractivity (Wildman–Crippen MR) is 160 cm³/mol. The molecule has 0 aromatic heterocycles. The maximum Gasteiger partial charge on any atom is 0.330 e. The molecule has 2 aromatic carbocycles. The molecular formula is C34H45NO4. The van der Waals surface area contributed by atoms with Crippen molar-refractivity contribution in [3.8, 4) is 17.6 Å². The Morgan fingerprint density at radius 2 is 1.23 bits per heavy atom. The Morgan fingerprint density at radius 1 is 0.744 bits per heavy atom. The highest BCUT2D eigenvalue weighted by molar-refractivity contribution is 5.89. The fourth-order valence-corrected chi connectivity index (χ4v) is 4.14. The van der Waals surface area contributed by atoms with Crippen molar-refractivity contribution in [2.75, 3.05) is 19.8 Å². The van der Waals surface area contributed by atoms with Crippen LogP contribution in [0.4, 0.5) is 0 Å². The quantitative estimate of drug-likeness (QED) is 0.0529. The summed E-state index contributed by atoms with van der Waals surface area (Å²) in [6.07, 6.45) is 17.1. The van der Waals surface area contributed by atoms with Gasteiger partial charge in [0.25, 0.3) is 0 Å². The van der Waals surface area contributed by atoms with Crippen LogP contribution < -0.4 is 9.47 Å². The van der Waals surface area contributed by atoms with E-state index in [9.17, 15) is 10.1 Å². The zero-order valence-electron chi connectivity index (χ0n) is 23.7. The van der Waals surface area contributed by atoms with E-state index in [1.54, 1.807) is 0 Å². The van der Waals surface area contributed by atoms with E-state index < -0.39 is 0 Å². The molecule has 0 radical (unpaired) electrons. The summed E-state index contributed by atoms with van der Waals surface area (Å²) in [5.74, 6) is 1.28. The minimum absolute atomic E-state index is 0.372. The summed E-state index contributed by atoms with van der Waals surface area (Å²) in [6, 6.07) is 17.9. The molecule has 5 heteroatoms. The number of carbonyl (C=O) groups is 1. The summed E-state index contributed by atoms with van der Waals surface area (Å²) in [5, 5.41) is 9.71. The molecule has 2 aromatic rings. The van der Waals surface area contributed by atoms with Crippen molar-refractivity contribution in [1.82, 2.24) is 0 Å². The van der Waals surface area contributed by atoms with Gasteiger partial charge >= 0.3 is 5.97 Å². The van der Waals surface area contributed by atoms with E-state index >= 15 is 0 Å². The minimum Gasteiger partial charge on any atom is -0.494 e. The van der Waals surface area contributed by atoms with Crippen molar-refractivity contribution in [3.05, 3.63) is 72.3 Å². The first-order valence-corrected chi connectivity index (χ1v) is 14.5. The van der Waals surface area contributed by atoms with E-state index in [0.29, 0.717) is 18.8 Å². The van der Waals surface area contributed by atoms with Gasteiger partial charge in [-0.1, -0.05) is 70.6 Å². The number of benzene rings is 2. The maximum atomic E-state index is 11.0. The lowest BCUT2D eigenvalue weighted by Gasteiger charge is -2.08. The van der Waals surface area contributed by atoms with E-state index in [-0.39, 0.29) is 5.97 Å². The molecule has 2 rings (SSSR count). The molecule has 0 amide bonds. The zero-order chi connectivity index (χ0) is 28.0. The molecule has 210 valence electrons. The second kappa shape index (κ2) is 20.4. The number of hydrogen-bond donors (Lipinski definition) is 0.